The predicted octanol–water partition coefficient (Wildman–Crippen LogP) is 2.81. The molecule has 1 aromatic carbocycles. The van der Waals surface area contributed by atoms with Crippen molar-refractivity contribution < 1.29 is 4.74 Å². The SMILES string of the molecule is NC(=S)c1ccc(NCC2CCOCC2)cc1Cl. The zero-order valence-corrected chi connectivity index (χ0v) is 11.7. The Balaban J connectivity index is 1.93. The lowest BCUT2D eigenvalue weighted by atomic mass is 10.0. The first-order chi connectivity index (χ1) is 8.66. The van der Waals surface area contributed by atoms with Crippen molar-refractivity contribution in [3.8, 4) is 0 Å². The van der Waals surface area contributed by atoms with Crippen LogP contribution in [0.3, 0.4) is 0 Å². The molecule has 1 aliphatic rings. The molecule has 0 unspecified atom stereocenters. The van der Waals surface area contributed by atoms with Crippen molar-refractivity contribution in [3.05, 3.63) is 28.8 Å². The molecule has 0 radical (unpaired) electrons. The smallest absolute Gasteiger partial charge is 0.105 e. The fraction of sp³-hybridized carbons (Fsp3) is 0.462. The first kappa shape index (κ1) is 13.6. The highest BCUT2D eigenvalue weighted by Crippen LogP contribution is 2.22. The maximum Gasteiger partial charge on any atom is 0.105 e. The van der Waals surface area contributed by atoms with Crippen LogP contribution in [0.15, 0.2) is 18.2 Å². The first-order valence-corrected chi connectivity index (χ1v) is 6.86. The molecule has 1 aromatic rings. The summed E-state index contributed by atoms with van der Waals surface area (Å²) in [4.78, 5) is 0.330. The van der Waals surface area contributed by atoms with E-state index in [1.54, 1.807) is 0 Å². The summed E-state index contributed by atoms with van der Waals surface area (Å²) >= 11 is 11.0. The molecule has 0 amide bonds. The van der Waals surface area contributed by atoms with Gasteiger partial charge in [0.15, 0.2) is 0 Å². The van der Waals surface area contributed by atoms with E-state index < -0.39 is 0 Å². The van der Waals surface area contributed by atoms with Gasteiger partial charge in [-0.1, -0.05) is 23.8 Å². The minimum absolute atomic E-state index is 0.330. The quantitative estimate of drug-likeness (QED) is 0.835. The van der Waals surface area contributed by atoms with Gasteiger partial charge in [-0.2, -0.15) is 0 Å². The van der Waals surface area contributed by atoms with Crippen molar-refractivity contribution in [2.75, 3.05) is 25.1 Å². The van der Waals surface area contributed by atoms with E-state index in [4.69, 9.17) is 34.3 Å². The average Bonchev–Trinajstić information content (AvgIpc) is 2.37. The standard InChI is InChI=1S/C13H17ClN2OS/c14-12-7-10(1-2-11(12)13(15)18)16-8-9-3-5-17-6-4-9/h1-2,7,9,16H,3-6,8H2,(H2,15,18). The molecule has 98 valence electrons. The average molecular weight is 285 g/mol. The van der Waals surface area contributed by atoms with Crippen molar-refractivity contribution in [3.63, 3.8) is 0 Å². The van der Waals surface area contributed by atoms with Crippen LogP contribution in [-0.2, 0) is 4.74 Å². The summed E-state index contributed by atoms with van der Waals surface area (Å²) in [7, 11) is 0. The molecule has 1 fully saturated rings. The fourth-order valence-electron chi connectivity index (χ4n) is 2.04. The van der Waals surface area contributed by atoms with Crippen molar-refractivity contribution in [2.24, 2.45) is 11.7 Å². The number of nitrogens with one attached hydrogen (secondary N) is 1. The summed E-state index contributed by atoms with van der Waals surface area (Å²) in [6.07, 6.45) is 2.23. The zero-order chi connectivity index (χ0) is 13.0. The third-order valence-corrected chi connectivity index (χ3v) is 3.70. The second-order valence-electron chi connectivity index (χ2n) is 4.50. The van der Waals surface area contributed by atoms with Gasteiger partial charge in [-0.15, -0.1) is 0 Å². The summed E-state index contributed by atoms with van der Waals surface area (Å²) in [5, 5.41) is 3.99. The van der Waals surface area contributed by atoms with Crippen LogP contribution in [0.5, 0.6) is 0 Å². The van der Waals surface area contributed by atoms with Crippen LogP contribution in [0, 0.1) is 5.92 Å². The van der Waals surface area contributed by atoms with Crippen molar-refractivity contribution in [1.82, 2.24) is 0 Å². The van der Waals surface area contributed by atoms with Crippen molar-refractivity contribution >= 4 is 34.5 Å². The van der Waals surface area contributed by atoms with E-state index in [9.17, 15) is 0 Å². The number of ether oxygens (including phenoxy) is 1. The number of rotatable bonds is 4. The lowest BCUT2D eigenvalue weighted by Gasteiger charge is -2.22. The summed E-state index contributed by atoms with van der Waals surface area (Å²) < 4.78 is 5.34. The second kappa shape index (κ2) is 6.36. The van der Waals surface area contributed by atoms with Crippen LogP contribution >= 0.6 is 23.8 Å². The molecule has 0 bridgehead atoms. The molecule has 1 heterocycles. The third-order valence-electron chi connectivity index (χ3n) is 3.17. The van der Waals surface area contributed by atoms with E-state index in [0.717, 1.165) is 43.9 Å². The minimum atomic E-state index is 0.330. The van der Waals surface area contributed by atoms with Crippen LogP contribution < -0.4 is 11.1 Å². The molecule has 2 rings (SSSR count). The third kappa shape index (κ3) is 3.57. The number of anilines is 1. The molecule has 0 atom stereocenters. The van der Waals surface area contributed by atoms with E-state index in [0.29, 0.717) is 15.9 Å². The maximum absolute atomic E-state index is 6.12. The van der Waals surface area contributed by atoms with E-state index in [-0.39, 0.29) is 0 Å². The molecule has 0 aromatic heterocycles. The number of hydrogen-bond acceptors (Lipinski definition) is 3. The normalized spacial score (nSPS) is 16.5. The van der Waals surface area contributed by atoms with Gasteiger partial charge in [0.25, 0.3) is 0 Å². The Hall–Kier alpha value is -0.840. The molecule has 0 saturated carbocycles. The van der Waals surface area contributed by atoms with Gasteiger partial charge in [0.05, 0.1) is 5.02 Å². The summed E-state index contributed by atoms with van der Waals surface area (Å²) in [5.74, 6) is 0.674. The Morgan fingerprint density at radius 3 is 2.78 bits per heavy atom. The topological polar surface area (TPSA) is 47.3 Å². The molecule has 5 heteroatoms. The van der Waals surface area contributed by atoms with Gasteiger partial charge < -0.3 is 15.8 Å². The Kier molecular flexibility index (Phi) is 4.80. The highest BCUT2D eigenvalue weighted by atomic mass is 35.5. The van der Waals surface area contributed by atoms with E-state index in [1.807, 2.05) is 18.2 Å². The number of halogens is 1. The first-order valence-electron chi connectivity index (χ1n) is 6.08. The summed E-state index contributed by atoms with van der Waals surface area (Å²) in [6, 6.07) is 5.69. The Morgan fingerprint density at radius 1 is 1.44 bits per heavy atom. The lowest BCUT2D eigenvalue weighted by Crippen LogP contribution is -2.22. The molecule has 18 heavy (non-hydrogen) atoms. The Morgan fingerprint density at radius 2 is 2.17 bits per heavy atom. The fourth-order valence-corrected chi connectivity index (χ4v) is 2.55. The molecule has 0 aliphatic carbocycles. The number of benzene rings is 1. The highest BCUT2D eigenvalue weighted by Gasteiger charge is 2.13. The van der Waals surface area contributed by atoms with E-state index >= 15 is 0 Å². The molecular formula is C13H17ClN2OS. The molecular weight excluding hydrogens is 268 g/mol. The Bertz CT molecular complexity index is 433. The van der Waals surface area contributed by atoms with Gasteiger partial charge in [-0.05, 0) is 37.0 Å². The minimum Gasteiger partial charge on any atom is -0.389 e. The number of thiocarbonyl (C=S) groups is 1. The molecule has 1 aliphatic heterocycles. The predicted molar refractivity (Wildman–Crippen MR) is 79.4 cm³/mol. The molecule has 3 N–H and O–H groups in total. The second-order valence-corrected chi connectivity index (χ2v) is 5.34. The molecule has 0 spiro atoms. The van der Waals surface area contributed by atoms with Gasteiger partial charge in [0.2, 0.25) is 0 Å². The maximum atomic E-state index is 6.12. The number of hydrogen-bond donors (Lipinski definition) is 2. The van der Waals surface area contributed by atoms with Crippen LogP contribution in [0.2, 0.25) is 5.02 Å². The van der Waals surface area contributed by atoms with Crippen LogP contribution in [0.4, 0.5) is 5.69 Å². The van der Waals surface area contributed by atoms with E-state index in [1.165, 1.54) is 0 Å². The van der Waals surface area contributed by atoms with E-state index in [2.05, 4.69) is 5.32 Å². The van der Waals surface area contributed by atoms with Crippen molar-refractivity contribution in [1.29, 1.82) is 0 Å². The van der Waals surface area contributed by atoms with Crippen LogP contribution in [0.25, 0.3) is 0 Å². The largest absolute Gasteiger partial charge is 0.389 e. The highest BCUT2D eigenvalue weighted by molar-refractivity contribution is 7.80. The van der Waals surface area contributed by atoms with Crippen LogP contribution in [-0.4, -0.2) is 24.7 Å². The number of nitrogens with two attached hydrogens (primary N) is 1. The Labute approximate surface area is 118 Å². The lowest BCUT2D eigenvalue weighted by molar-refractivity contribution is 0.0699. The summed E-state index contributed by atoms with van der Waals surface area (Å²) in [6.45, 7) is 2.69. The van der Waals surface area contributed by atoms with Gasteiger partial charge in [0.1, 0.15) is 4.99 Å². The molecule has 1 saturated heterocycles. The van der Waals surface area contributed by atoms with Crippen molar-refractivity contribution in [2.45, 2.75) is 12.8 Å². The van der Waals surface area contributed by atoms with Gasteiger partial charge >= 0.3 is 0 Å². The van der Waals surface area contributed by atoms with Gasteiger partial charge in [0, 0.05) is 31.0 Å². The zero-order valence-electron chi connectivity index (χ0n) is 10.1. The van der Waals surface area contributed by atoms with Gasteiger partial charge in [-0.3, -0.25) is 0 Å². The van der Waals surface area contributed by atoms with Gasteiger partial charge in [-0.25, -0.2) is 0 Å². The van der Waals surface area contributed by atoms with Crippen LogP contribution in [0.1, 0.15) is 18.4 Å². The summed E-state index contributed by atoms with van der Waals surface area (Å²) in [5.41, 5.74) is 7.30. The monoisotopic (exact) mass is 284 g/mol. The molecule has 3 nitrogen and oxygen atoms in total.